The van der Waals surface area contributed by atoms with E-state index in [4.69, 9.17) is 15.9 Å². The van der Waals surface area contributed by atoms with Gasteiger partial charge in [0.25, 0.3) is 0 Å². The molecule has 0 amide bonds. The molecular formula is C7H10N2O2. The van der Waals surface area contributed by atoms with Crippen LogP contribution in [0.25, 0.3) is 0 Å². The first-order valence-corrected chi connectivity index (χ1v) is 3.27. The van der Waals surface area contributed by atoms with Crippen LogP contribution >= 0.6 is 0 Å². The van der Waals surface area contributed by atoms with E-state index in [2.05, 4.69) is 4.98 Å². The molecule has 0 saturated carbocycles. The van der Waals surface area contributed by atoms with Gasteiger partial charge in [-0.05, 0) is 12.1 Å². The van der Waals surface area contributed by atoms with Crippen molar-refractivity contribution in [1.82, 2.24) is 4.98 Å². The highest BCUT2D eigenvalue weighted by Gasteiger charge is 2.10. The number of rotatable bonds is 2. The Balaban J connectivity index is 2.93. The van der Waals surface area contributed by atoms with Gasteiger partial charge in [-0.1, -0.05) is 0 Å². The fourth-order valence-corrected chi connectivity index (χ4v) is 0.777. The second-order valence-corrected chi connectivity index (χ2v) is 2.16. The molecule has 4 heteroatoms. The highest BCUT2D eigenvalue weighted by molar-refractivity contribution is 5.26. The molecule has 0 spiro atoms. The van der Waals surface area contributed by atoms with Gasteiger partial charge in [-0.3, -0.25) is 4.98 Å². The summed E-state index contributed by atoms with van der Waals surface area (Å²) in [5.74, 6) is -0.0227. The van der Waals surface area contributed by atoms with Gasteiger partial charge in [0.05, 0.1) is 0 Å². The Morgan fingerprint density at radius 3 is 2.91 bits per heavy atom. The van der Waals surface area contributed by atoms with Gasteiger partial charge in [-0.25, -0.2) is 0 Å². The Bertz CT molecular complexity index is 240. The van der Waals surface area contributed by atoms with Crippen molar-refractivity contribution in [2.75, 3.05) is 6.54 Å². The van der Waals surface area contributed by atoms with E-state index in [9.17, 15) is 0 Å². The molecule has 0 aliphatic rings. The first-order valence-electron chi connectivity index (χ1n) is 3.27. The van der Waals surface area contributed by atoms with Crippen LogP contribution < -0.4 is 5.73 Å². The van der Waals surface area contributed by atoms with Crippen LogP contribution in [0.1, 0.15) is 11.8 Å². The number of aliphatic hydroxyl groups excluding tert-OH is 1. The molecule has 0 radical (unpaired) electrons. The van der Waals surface area contributed by atoms with Crippen molar-refractivity contribution in [1.29, 1.82) is 0 Å². The van der Waals surface area contributed by atoms with Gasteiger partial charge < -0.3 is 15.9 Å². The van der Waals surface area contributed by atoms with E-state index >= 15 is 0 Å². The molecule has 1 aromatic heterocycles. The summed E-state index contributed by atoms with van der Waals surface area (Å²) < 4.78 is 0. The fourth-order valence-electron chi connectivity index (χ4n) is 0.777. The second-order valence-electron chi connectivity index (χ2n) is 2.16. The molecule has 1 rings (SSSR count). The summed E-state index contributed by atoms with van der Waals surface area (Å²) in [4.78, 5) is 3.77. The number of hydrogen-bond acceptors (Lipinski definition) is 4. The lowest BCUT2D eigenvalue weighted by molar-refractivity contribution is 0.177. The average Bonchev–Trinajstić information content (AvgIpc) is 2.04. The number of hydrogen-bond donors (Lipinski definition) is 3. The molecule has 1 atom stereocenters. The predicted octanol–water partition coefficient (Wildman–Crippen LogP) is -0.221. The van der Waals surface area contributed by atoms with Crippen molar-refractivity contribution < 1.29 is 10.2 Å². The monoisotopic (exact) mass is 154 g/mol. The summed E-state index contributed by atoms with van der Waals surface area (Å²) in [7, 11) is 0. The van der Waals surface area contributed by atoms with E-state index < -0.39 is 6.10 Å². The van der Waals surface area contributed by atoms with Crippen LogP contribution in [0.5, 0.6) is 5.75 Å². The number of pyridine rings is 1. The zero-order chi connectivity index (χ0) is 8.27. The third-order valence-corrected chi connectivity index (χ3v) is 1.36. The number of nitrogens with zero attached hydrogens (tertiary/aromatic N) is 1. The smallest absolute Gasteiger partial charge is 0.139 e. The number of aromatic hydroxyl groups is 1. The predicted molar refractivity (Wildman–Crippen MR) is 39.9 cm³/mol. The summed E-state index contributed by atoms with van der Waals surface area (Å²) >= 11 is 0. The fraction of sp³-hybridized carbons (Fsp3) is 0.286. The molecule has 4 N–H and O–H groups in total. The maximum atomic E-state index is 9.16. The summed E-state index contributed by atoms with van der Waals surface area (Å²) in [6, 6.07) is 3.04. The van der Waals surface area contributed by atoms with Crippen LogP contribution in [0.2, 0.25) is 0 Å². The molecule has 0 aliphatic carbocycles. The van der Waals surface area contributed by atoms with Crippen molar-refractivity contribution in [3.05, 3.63) is 24.0 Å². The first kappa shape index (κ1) is 7.97. The average molecular weight is 154 g/mol. The van der Waals surface area contributed by atoms with Crippen molar-refractivity contribution in [2.24, 2.45) is 5.73 Å². The number of nitrogens with two attached hydrogens (primary N) is 1. The zero-order valence-electron chi connectivity index (χ0n) is 5.94. The molecule has 1 unspecified atom stereocenters. The molecular weight excluding hydrogens is 144 g/mol. The molecule has 1 aromatic rings. The van der Waals surface area contributed by atoms with Crippen LogP contribution in [-0.2, 0) is 0 Å². The highest BCUT2D eigenvalue weighted by atomic mass is 16.3. The van der Waals surface area contributed by atoms with Crippen molar-refractivity contribution >= 4 is 0 Å². The van der Waals surface area contributed by atoms with Crippen LogP contribution in [0, 0.1) is 0 Å². The van der Waals surface area contributed by atoms with E-state index in [1.807, 2.05) is 0 Å². The van der Waals surface area contributed by atoms with Crippen LogP contribution in [0.3, 0.4) is 0 Å². The molecule has 0 bridgehead atoms. The quantitative estimate of drug-likeness (QED) is 0.550. The summed E-state index contributed by atoms with van der Waals surface area (Å²) in [5, 5.41) is 18.3. The van der Waals surface area contributed by atoms with Crippen molar-refractivity contribution in [3.8, 4) is 5.75 Å². The van der Waals surface area contributed by atoms with Gasteiger partial charge in [0, 0.05) is 12.7 Å². The normalized spacial score (nSPS) is 12.9. The summed E-state index contributed by atoms with van der Waals surface area (Å²) in [6.07, 6.45) is 0.615. The molecule has 0 aromatic carbocycles. The molecule has 11 heavy (non-hydrogen) atoms. The highest BCUT2D eigenvalue weighted by Crippen LogP contribution is 2.19. The SMILES string of the molecule is NCC(O)c1ncccc1O. The lowest BCUT2D eigenvalue weighted by atomic mass is 10.2. The zero-order valence-corrected chi connectivity index (χ0v) is 5.94. The maximum Gasteiger partial charge on any atom is 0.139 e. The van der Waals surface area contributed by atoms with E-state index in [0.29, 0.717) is 0 Å². The van der Waals surface area contributed by atoms with Crippen LogP contribution in [0.4, 0.5) is 0 Å². The topological polar surface area (TPSA) is 79.4 Å². The molecule has 60 valence electrons. The second kappa shape index (κ2) is 3.32. The Hall–Kier alpha value is -1.13. The van der Waals surface area contributed by atoms with Gasteiger partial charge in [-0.15, -0.1) is 0 Å². The van der Waals surface area contributed by atoms with Gasteiger partial charge in [0.2, 0.25) is 0 Å². The Labute approximate surface area is 64.3 Å². The number of aromatic nitrogens is 1. The molecule has 1 heterocycles. The van der Waals surface area contributed by atoms with Crippen LogP contribution in [-0.4, -0.2) is 21.7 Å². The minimum atomic E-state index is -0.879. The minimum Gasteiger partial charge on any atom is -0.506 e. The Morgan fingerprint density at radius 2 is 2.36 bits per heavy atom. The van der Waals surface area contributed by atoms with E-state index in [1.54, 1.807) is 6.07 Å². The van der Waals surface area contributed by atoms with E-state index in [-0.39, 0.29) is 18.0 Å². The third-order valence-electron chi connectivity index (χ3n) is 1.36. The number of aliphatic hydroxyl groups is 1. The van der Waals surface area contributed by atoms with E-state index in [1.165, 1.54) is 12.3 Å². The Kier molecular flexibility index (Phi) is 2.40. The van der Waals surface area contributed by atoms with Gasteiger partial charge in [-0.2, -0.15) is 0 Å². The lowest BCUT2D eigenvalue weighted by Gasteiger charge is -2.07. The molecule has 0 fully saturated rings. The van der Waals surface area contributed by atoms with Crippen molar-refractivity contribution in [2.45, 2.75) is 6.10 Å². The molecule has 4 nitrogen and oxygen atoms in total. The maximum absolute atomic E-state index is 9.16. The molecule has 0 saturated heterocycles. The minimum absolute atomic E-state index is 0.0227. The van der Waals surface area contributed by atoms with Crippen LogP contribution in [0.15, 0.2) is 18.3 Å². The summed E-state index contributed by atoms with van der Waals surface area (Å²) in [6.45, 7) is 0.0601. The standard InChI is InChI=1S/C7H10N2O2/c8-4-6(11)7-5(10)2-1-3-9-7/h1-3,6,10-11H,4,8H2. The van der Waals surface area contributed by atoms with Crippen molar-refractivity contribution in [3.63, 3.8) is 0 Å². The largest absolute Gasteiger partial charge is 0.506 e. The van der Waals surface area contributed by atoms with Gasteiger partial charge in [0.1, 0.15) is 17.5 Å². The Morgan fingerprint density at radius 1 is 1.64 bits per heavy atom. The third kappa shape index (κ3) is 1.66. The summed E-state index contributed by atoms with van der Waals surface area (Å²) in [5.41, 5.74) is 5.40. The van der Waals surface area contributed by atoms with E-state index in [0.717, 1.165) is 0 Å². The van der Waals surface area contributed by atoms with Gasteiger partial charge >= 0.3 is 0 Å². The lowest BCUT2D eigenvalue weighted by Crippen LogP contribution is -2.12. The van der Waals surface area contributed by atoms with Gasteiger partial charge in [0.15, 0.2) is 0 Å². The molecule has 0 aliphatic heterocycles. The first-order chi connectivity index (χ1) is 5.25.